The fraction of sp³-hybridized carbons (Fsp3) is 0.364. The minimum atomic E-state index is 0.464. The smallest absolute Gasteiger partial charge is 0.0991 e. The summed E-state index contributed by atoms with van der Waals surface area (Å²) in [6.45, 7) is 3.64. The van der Waals surface area contributed by atoms with Crippen molar-refractivity contribution in [3.05, 3.63) is 29.8 Å². The SMILES string of the molecule is CC(CN)CNc1ccc(C#N)cc1. The van der Waals surface area contributed by atoms with Gasteiger partial charge in [0.05, 0.1) is 11.6 Å². The molecule has 0 aliphatic carbocycles. The summed E-state index contributed by atoms with van der Waals surface area (Å²) < 4.78 is 0. The lowest BCUT2D eigenvalue weighted by atomic mass is 10.1. The first kappa shape index (κ1) is 10.6. The molecule has 0 aliphatic heterocycles. The second-order valence-electron chi connectivity index (χ2n) is 3.41. The van der Waals surface area contributed by atoms with E-state index in [-0.39, 0.29) is 0 Å². The van der Waals surface area contributed by atoms with Gasteiger partial charge in [0.2, 0.25) is 0 Å². The summed E-state index contributed by atoms with van der Waals surface area (Å²) >= 11 is 0. The summed E-state index contributed by atoms with van der Waals surface area (Å²) in [7, 11) is 0. The van der Waals surface area contributed by atoms with Gasteiger partial charge in [-0.05, 0) is 36.7 Å². The number of benzene rings is 1. The van der Waals surface area contributed by atoms with Crippen molar-refractivity contribution in [3.8, 4) is 6.07 Å². The van der Waals surface area contributed by atoms with E-state index in [2.05, 4.69) is 18.3 Å². The zero-order valence-corrected chi connectivity index (χ0v) is 8.33. The highest BCUT2D eigenvalue weighted by atomic mass is 14.9. The van der Waals surface area contributed by atoms with E-state index in [4.69, 9.17) is 11.0 Å². The van der Waals surface area contributed by atoms with Crippen LogP contribution in [-0.2, 0) is 0 Å². The van der Waals surface area contributed by atoms with Gasteiger partial charge in [-0.3, -0.25) is 0 Å². The van der Waals surface area contributed by atoms with Crippen LogP contribution in [0.3, 0.4) is 0 Å². The van der Waals surface area contributed by atoms with Gasteiger partial charge in [0.15, 0.2) is 0 Å². The zero-order chi connectivity index (χ0) is 10.4. The Morgan fingerprint density at radius 1 is 1.43 bits per heavy atom. The topological polar surface area (TPSA) is 61.8 Å². The lowest BCUT2D eigenvalue weighted by Crippen LogP contribution is -2.19. The van der Waals surface area contributed by atoms with Crippen molar-refractivity contribution in [1.82, 2.24) is 0 Å². The molecular weight excluding hydrogens is 174 g/mol. The van der Waals surface area contributed by atoms with Gasteiger partial charge >= 0.3 is 0 Å². The predicted octanol–water partition coefficient (Wildman–Crippen LogP) is 1.56. The number of hydrogen-bond acceptors (Lipinski definition) is 3. The highest BCUT2D eigenvalue weighted by Crippen LogP contribution is 2.09. The molecule has 3 nitrogen and oxygen atoms in total. The summed E-state index contributed by atoms with van der Waals surface area (Å²) in [6, 6.07) is 9.49. The number of rotatable bonds is 4. The Morgan fingerprint density at radius 3 is 2.57 bits per heavy atom. The molecule has 1 aromatic carbocycles. The first-order chi connectivity index (χ1) is 6.76. The van der Waals surface area contributed by atoms with Crippen LogP contribution >= 0.6 is 0 Å². The third-order valence-corrected chi connectivity index (χ3v) is 2.07. The predicted molar refractivity (Wildman–Crippen MR) is 57.9 cm³/mol. The quantitative estimate of drug-likeness (QED) is 0.755. The lowest BCUT2D eigenvalue weighted by Gasteiger charge is -2.10. The van der Waals surface area contributed by atoms with Crippen LogP contribution in [0.5, 0.6) is 0 Å². The molecule has 0 aromatic heterocycles. The molecule has 0 bridgehead atoms. The molecule has 0 saturated heterocycles. The molecule has 1 aromatic rings. The van der Waals surface area contributed by atoms with E-state index in [0.29, 0.717) is 18.0 Å². The van der Waals surface area contributed by atoms with Crippen LogP contribution < -0.4 is 11.1 Å². The summed E-state index contributed by atoms with van der Waals surface area (Å²) in [5.74, 6) is 0.464. The van der Waals surface area contributed by atoms with Crippen molar-refractivity contribution < 1.29 is 0 Å². The van der Waals surface area contributed by atoms with Gasteiger partial charge in [-0.2, -0.15) is 5.26 Å². The maximum Gasteiger partial charge on any atom is 0.0991 e. The maximum absolute atomic E-state index is 8.60. The molecular formula is C11H15N3. The summed E-state index contributed by atoms with van der Waals surface area (Å²) in [4.78, 5) is 0. The molecule has 3 N–H and O–H groups in total. The molecule has 14 heavy (non-hydrogen) atoms. The molecule has 1 atom stereocenters. The highest BCUT2D eigenvalue weighted by molar-refractivity contribution is 5.47. The maximum atomic E-state index is 8.60. The van der Waals surface area contributed by atoms with E-state index < -0.39 is 0 Å². The Labute approximate surface area is 84.5 Å². The van der Waals surface area contributed by atoms with Crippen molar-refractivity contribution in [2.75, 3.05) is 18.4 Å². The second-order valence-corrected chi connectivity index (χ2v) is 3.41. The van der Waals surface area contributed by atoms with E-state index >= 15 is 0 Å². The van der Waals surface area contributed by atoms with E-state index in [9.17, 15) is 0 Å². The molecule has 0 fully saturated rings. The molecule has 0 amide bonds. The van der Waals surface area contributed by atoms with Crippen LogP contribution in [0.15, 0.2) is 24.3 Å². The van der Waals surface area contributed by atoms with Crippen molar-refractivity contribution in [2.45, 2.75) is 6.92 Å². The first-order valence-corrected chi connectivity index (χ1v) is 4.70. The lowest BCUT2D eigenvalue weighted by molar-refractivity contribution is 0.628. The van der Waals surface area contributed by atoms with Gasteiger partial charge in [-0.15, -0.1) is 0 Å². The van der Waals surface area contributed by atoms with Crippen LogP contribution in [0.4, 0.5) is 5.69 Å². The van der Waals surface area contributed by atoms with Crippen LogP contribution in [0.2, 0.25) is 0 Å². The summed E-state index contributed by atoms with van der Waals surface area (Å²) in [5.41, 5.74) is 7.21. The molecule has 0 saturated carbocycles. The minimum absolute atomic E-state index is 0.464. The fourth-order valence-corrected chi connectivity index (χ4v) is 1.04. The van der Waals surface area contributed by atoms with E-state index in [1.807, 2.05) is 12.1 Å². The van der Waals surface area contributed by atoms with Crippen molar-refractivity contribution >= 4 is 5.69 Å². The number of hydrogen-bond donors (Lipinski definition) is 2. The Kier molecular flexibility index (Phi) is 3.96. The summed E-state index contributed by atoms with van der Waals surface area (Å²) in [5, 5.41) is 11.9. The monoisotopic (exact) mass is 189 g/mol. The third-order valence-electron chi connectivity index (χ3n) is 2.07. The van der Waals surface area contributed by atoms with Gasteiger partial charge in [0.25, 0.3) is 0 Å². The number of nitrogens with zero attached hydrogens (tertiary/aromatic N) is 1. The Hall–Kier alpha value is -1.53. The number of nitrogens with two attached hydrogens (primary N) is 1. The molecule has 0 spiro atoms. The molecule has 1 rings (SSSR count). The van der Waals surface area contributed by atoms with E-state index in [0.717, 1.165) is 12.2 Å². The number of anilines is 1. The number of nitriles is 1. The molecule has 0 aliphatic rings. The first-order valence-electron chi connectivity index (χ1n) is 4.70. The van der Waals surface area contributed by atoms with Crippen molar-refractivity contribution in [3.63, 3.8) is 0 Å². The van der Waals surface area contributed by atoms with Gasteiger partial charge in [0.1, 0.15) is 0 Å². The van der Waals surface area contributed by atoms with Gasteiger partial charge in [0, 0.05) is 12.2 Å². The molecule has 1 unspecified atom stereocenters. The van der Waals surface area contributed by atoms with Crippen LogP contribution in [-0.4, -0.2) is 13.1 Å². The van der Waals surface area contributed by atoms with Crippen LogP contribution in [0, 0.1) is 17.2 Å². The third kappa shape index (κ3) is 3.08. The van der Waals surface area contributed by atoms with Crippen LogP contribution in [0.1, 0.15) is 12.5 Å². The van der Waals surface area contributed by atoms with E-state index in [1.54, 1.807) is 12.1 Å². The molecule has 3 heteroatoms. The Morgan fingerprint density at radius 2 is 2.07 bits per heavy atom. The summed E-state index contributed by atoms with van der Waals surface area (Å²) in [6.07, 6.45) is 0. The second kappa shape index (κ2) is 5.25. The molecule has 0 radical (unpaired) electrons. The van der Waals surface area contributed by atoms with Gasteiger partial charge < -0.3 is 11.1 Å². The Balaban J connectivity index is 2.49. The van der Waals surface area contributed by atoms with E-state index in [1.165, 1.54) is 0 Å². The van der Waals surface area contributed by atoms with Crippen molar-refractivity contribution in [1.29, 1.82) is 5.26 Å². The zero-order valence-electron chi connectivity index (χ0n) is 8.33. The van der Waals surface area contributed by atoms with Gasteiger partial charge in [-0.25, -0.2) is 0 Å². The minimum Gasteiger partial charge on any atom is -0.385 e. The average Bonchev–Trinajstić information content (AvgIpc) is 2.26. The highest BCUT2D eigenvalue weighted by Gasteiger charge is 1.98. The van der Waals surface area contributed by atoms with Gasteiger partial charge in [-0.1, -0.05) is 6.92 Å². The van der Waals surface area contributed by atoms with Crippen LogP contribution in [0.25, 0.3) is 0 Å². The molecule has 74 valence electrons. The number of nitrogens with one attached hydrogen (secondary N) is 1. The largest absolute Gasteiger partial charge is 0.385 e. The average molecular weight is 189 g/mol. The standard InChI is InChI=1S/C11H15N3/c1-9(6-12)8-14-11-4-2-10(7-13)3-5-11/h2-5,9,14H,6,8,12H2,1H3. The molecule has 0 heterocycles. The Bertz CT molecular complexity index is 310. The van der Waals surface area contributed by atoms with Crippen molar-refractivity contribution in [2.24, 2.45) is 11.7 Å². The normalized spacial score (nSPS) is 11.8. The fourth-order valence-electron chi connectivity index (χ4n) is 1.04.